The molecule has 104 valence electrons. The first-order valence-electron chi connectivity index (χ1n) is 5.80. The summed E-state index contributed by atoms with van der Waals surface area (Å²) in [6.07, 6.45) is 1.37. The third kappa shape index (κ3) is 2.94. The number of hydrogen-bond donors (Lipinski definition) is 3. The topological polar surface area (TPSA) is 95.9 Å². The minimum absolute atomic E-state index is 0.0213. The highest BCUT2D eigenvalue weighted by atomic mass is 35.5. The number of carbonyl (C=O) groups excluding carboxylic acids is 1. The average Bonchev–Trinajstić information content (AvgIpc) is 2.39. The summed E-state index contributed by atoms with van der Waals surface area (Å²) in [4.78, 5) is 22.5. The summed E-state index contributed by atoms with van der Waals surface area (Å²) in [6, 6.07) is 4.66. The van der Waals surface area contributed by atoms with Crippen molar-refractivity contribution >= 4 is 30.6 Å². The zero-order chi connectivity index (χ0) is 14.7. The van der Waals surface area contributed by atoms with E-state index in [0.29, 0.717) is 5.56 Å². The van der Waals surface area contributed by atoms with Gasteiger partial charge in [0.05, 0.1) is 11.5 Å². The van der Waals surface area contributed by atoms with Crippen LogP contribution in [-0.4, -0.2) is 35.1 Å². The Kier molecular flexibility index (Phi) is 4.31. The molecule has 1 aliphatic rings. The predicted octanol–water partition coefficient (Wildman–Crippen LogP) is 0.577. The first-order chi connectivity index (χ1) is 9.52. The van der Waals surface area contributed by atoms with E-state index < -0.39 is 24.9 Å². The van der Waals surface area contributed by atoms with E-state index in [0.717, 1.165) is 11.6 Å². The van der Waals surface area contributed by atoms with E-state index in [1.165, 1.54) is 6.07 Å². The van der Waals surface area contributed by atoms with Crippen molar-refractivity contribution in [2.45, 2.75) is 12.4 Å². The lowest BCUT2D eigenvalue weighted by atomic mass is 9.72. The number of hydrogen-bond acceptors (Lipinski definition) is 4. The molecular formula is C12H11BClNO5. The number of carboxylic acids is 1. The van der Waals surface area contributed by atoms with Gasteiger partial charge in [-0.05, 0) is 18.1 Å². The Morgan fingerprint density at radius 1 is 1.50 bits per heavy atom. The fraction of sp³-hybridized carbons (Fsp3) is 0.167. The number of halogens is 1. The van der Waals surface area contributed by atoms with Gasteiger partial charge in [0.2, 0.25) is 5.91 Å². The molecule has 1 aromatic rings. The summed E-state index contributed by atoms with van der Waals surface area (Å²) in [5, 5.41) is 21.4. The number of rotatable bonds is 3. The normalized spacial score (nSPS) is 17.5. The second-order valence-electron chi connectivity index (χ2n) is 4.22. The maximum Gasteiger partial charge on any atom is 0.547 e. The Morgan fingerprint density at radius 3 is 2.90 bits per heavy atom. The molecule has 3 N–H and O–H groups in total. The lowest BCUT2D eigenvalue weighted by molar-refractivity contribution is -0.116. The summed E-state index contributed by atoms with van der Waals surface area (Å²) >= 11 is 5.29. The summed E-state index contributed by atoms with van der Waals surface area (Å²) in [5.74, 6) is -2.15. The fourth-order valence-electron chi connectivity index (χ4n) is 2.00. The molecule has 0 aliphatic carbocycles. The molecule has 0 fully saturated rings. The number of aromatic carboxylic acids is 1. The van der Waals surface area contributed by atoms with E-state index >= 15 is 0 Å². The van der Waals surface area contributed by atoms with E-state index in [4.69, 9.17) is 21.4 Å². The van der Waals surface area contributed by atoms with E-state index in [9.17, 15) is 14.6 Å². The van der Waals surface area contributed by atoms with Crippen molar-refractivity contribution < 1.29 is 24.4 Å². The lowest BCUT2D eigenvalue weighted by Gasteiger charge is -2.28. The molecular weight excluding hydrogens is 284 g/mol. The number of amides is 1. The number of para-hydroxylation sites is 1. The zero-order valence-corrected chi connectivity index (χ0v) is 11.0. The van der Waals surface area contributed by atoms with Crippen LogP contribution in [-0.2, 0) is 11.2 Å². The lowest BCUT2D eigenvalue weighted by Crippen LogP contribution is -2.52. The Morgan fingerprint density at radius 2 is 2.25 bits per heavy atom. The molecule has 1 aromatic carbocycles. The van der Waals surface area contributed by atoms with Crippen molar-refractivity contribution in [1.82, 2.24) is 5.32 Å². The standard InChI is InChI=1S/C12H11BClNO5/c14-5-4-10(16)15-9-6-7-2-1-3-8(12(17)18)11(7)20-13(9)19/h1-5,9,19H,6H2,(H,15,16)(H,17,18)/t9-/m0/s1. The van der Waals surface area contributed by atoms with E-state index in [2.05, 4.69) is 5.32 Å². The van der Waals surface area contributed by atoms with E-state index in [1.54, 1.807) is 12.1 Å². The molecule has 0 saturated carbocycles. The van der Waals surface area contributed by atoms with Crippen LogP contribution in [0.5, 0.6) is 5.75 Å². The van der Waals surface area contributed by atoms with Crippen molar-refractivity contribution in [3.05, 3.63) is 40.9 Å². The molecule has 1 heterocycles. The van der Waals surface area contributed by atoms with Gasteiger partial charge in [-0.1, -0.05) is 23.7 Å². The van der Waals surface area contributed by atoms with Crippen molar-refractivity contribution in [2.75, 3.05) is 0 Å². The van der Waals surface area contributed by atoms with Crippen molar-refractivity contribution in [1.29, 1.82) is 0 Å². The summed E-state index contributed by atoms with van der Waals surface area (Å²) in [7, 11) is -1.32. The van der Waals surface area contributed by atoms with Crippen LogP contribution in [0.2, 0.25) is 0 Å². The van der Waals surface area contributed by atoms with Gasteiger partial charge in [-0.25, -0.2) is 4.79 Å². The molecule has 0 bridgehead atoms. The minimum Gasteiger partial charge on any atom is -0.534 e. The molecule has 6 nitrogen and oxygen atoms in total. The third-order valence-electron chi connectivity index (χ3n) is 2.89. The predicted molar refractivity (Wildman–Crippen MR) is 72.6 cm³/mol. The molecule has 0 radical (unpaired) electrons. The average molecular weight is 295 g/mol. The SMILES string of the molecule is O=C(C=CCl)N[C@H]1Cc2cccc(C(=O)O)c2OB1O. The molecule has 1 atom stereocenters. The highest BCUT2D eigenvalue weighted by Crippen LogP contribution is 2.30. The second-order valence-corrected chi connectivity index (χ2v) is 4.47. The molecule has 2 rings (SSSR count). The third-order valence-corrected chi connectivity index (χ3v) is 3.02. The minimum atomic E-state index is -1.32. The van der Waals surface area contributed by atoms with Crippen LogP contribution in [0.1, 0.15) is 15.9 Å². The first kappa shape index (κ1) is 14.4. The molecule has 8 heteroatoms. The summed E-state index contributed by atoms with van der Waals surface area (Å²) < 4.78 is 5.22. The summed E-state index contributed by atoms with van der Waals surface area (Å²) in [6.45, 7) is 0. The largest absolute Gasteiger partial charge is 0.547 e. The number of nitrogens with one attached hydrogen (secondary N) is 1. The molecule has 0 unspecified atom stereocenters. The maximum atomic E-state index is 11.4. The van der Waals surface area contributed by atoms with Crippen molar-refractivity contribution in [2.24, 2.45) is 0 Å². The Hall–Kier alpha value is -1.99. The van der Waals surface area contributed by atoms with Crippen LogP contribution in [0.15, 0.2) is 29.8 Å². The Bertz CT molecular complexity index is 577. The molecule has 1 aliphatic heterocycles. The van der Waals surface area contributed by atoms with Crippen LogP contribution in [0.4, 0.5) is 0 Å². The molecule has 0 spiro atoms. The smallest absolute Gasteiger partial charge is 0.534 e. The van der Waals surface area contributed by atoms with Crippen LogP contribution < -0.4 is 9.97 Å². The van der Waals surface area contributed by atoms with Gasteiger partial charge in [-0.15, -0.1) is 0 Å². The van der Waals surface area contributed by atoms with Crippen molar-refractivity contribution in [3.63, 3.8) is 0 Å². The summed E-state index contributed by atoms with van der Waals surface area (Å²) in [5.41, 5.74) is 1.64. The maximum absolute atomic E-state index is 11.4. The fourth-order valence-corrected chi connectivity index (χ4v) is 2.12. The van der Waals surface area contributed by atoms with Crippen LogP contribution in [0, 0.1) is 0 Å². The highest BCUT2D eigenvalue weighted by Gasteiger charge is 2.37. The quantitative estimate of drug-likeness (QED) is 0.560. The van der Waals surface area contributed by atoms with Gasteiger partial charge < -0.3 is 20.1 Å². The van der Waals surface area contributed by atoms with Gasteiger partial charge in [0, 0.05) is 11.6 Å². The molecule has 0 saturated heterocycles. The van der Waals surface area contributed by atoms with Gasteiger partial charge in [-0.3, -0.25) is 4.79 Å². The van der Waals surface area contributed by atoms with E-state index in [1.807, 2.05) is 0 Å². The Labute approximate surface area is 120 Å². The second kappa shape index (κ2) is 5.98. The molecule has 0 aromatic heterocycles. The number of fused-ring (bicyclic) bond motifs is 1. The van der Waals surface area contributed by atoms with Gasteiger partial charge in [0.1, 0.15) is 5.75 Å². The van der Waals surface area contributed by atoms with Gasteiger partial charge in [0.25, 0.3) is 0 Å². The first-order valence-corrected chi connectivity index (χ1v) is 6.23. The van der Waals surface area contributed by atoms with Crippen LogP contribution in [0.25, 0.3) is 0 Å². The van der Waals surface area contributed by atoms with Crippen LogP contribution >= 0.6 is 11.6 Å². The Balaban J connectivity index is 2.24. The number of carboxylic acid groups (broad SMARTS) is 1. The van der Waals surface area contributed by atoms with Crippen molar-refractivity contribution in [3.8, 4) is 5.75 Å². The number of benzene rings is 1. The van der Waals surface area contributed by atoms with Crippen LogP contribution in [0.3, 0.4) is 0 Å². The monoisotopic (exact) mass is 295 g/mol. The number of carbonyl (C=O) groups is 2. The van der Waals surface area contributed by atoms with Gasteiger partial charge >= 0.3 is 13.1 Å². The highest BCUT2D eigenvalue weighted by molar-refractivity contribution is 6.47. The molecule has 1 amide bonds. The molecule has 20 heavy (non-hydrogen) atoms. The zero-order valence-electron chi connectivity index (χ0n) is 10.2. The van der Waals surface area contributed by atoms with Gasteiger partial charge in [0.15, 0.2) is 0 Å². The van der Waals surface area contributed by atoms with Gasteiger partial charge in [-0.2, -0.15) is 0 Å². The van der Waals surface area contributed by atoms with E-state index in [-0.39, 0.29) is 17.7 Å².